The molecule has 3 aromatic rings. The minimum Gasteiger partial charge on any atom is -0.497 e. The van der Waals surface area contributed by atoms with Crippen LogP contribution in [-0.4, -0.2) is 27.7 Å². The lowest BCUT2D eigenvalue weighted by molar-refractivity contribution is 0.103. The van der Waals surface area contributed by atoms with E-state index in [9.17, 15) is 9.59 Å². The monoisotopic (exact) mass is 337 g/mol. The van der Waals surface area contributed by atoms with E-state index in [1.165, 1.54) is 6.07 Å². The SMILES string of the molecule is COc1ccc(C(=O)c2c(C)cc(Cc3ccc(=O)[nH]n3)n2C)cc1. The highest BCUT2D eigenvalue weighted by Crippen LogP contribution is 2.21. The number of nitrogens with one attached hydrogen (secondary N) is 1. The molecule has 0 saturated heterocycles. The molecule has 0 amide bonds. The quantitative estimate of drug-likeness (QED) is 0.725. The van der Waals surface area contributed by atoms with Crippen LogP contribution < -0.4 is 10.3 Å². The van der Waals surface area contributed by atoms with Crippen molar-refractivity contribution in [3.63, 3.8) is 0 Å². The van der Waals surface area contributed by atoms with Gasteiger partial charge in [0.25, 0.3) is 5.56 Å². The van der Waals surface area contributed by atoms with Gasteiger partial charge in [0.15, 0.2) is 0 Å². The summed E-state index contributed by atoms with van der Waals surface area (Å²) < 4.78 is 7.02. The molecule has 0 aliphatic heterocycles. The first kappa shape index (κ1) is 16.7. The van der Waals surface area contributed by atoms with Gasteiger partial charge in [-0.25, -0.2) is 5.10 Å². The lowest BCUT2D eigenvalue weighted by Gasteiger charge is -2.08. The van der Waals surface area contributed by atoms with Crippen molar-refractivity contribution >= 4 is 5.78 Å². The zero-order chi connectivity index (χ0) is 18.0. The van der Waals surface area contributed by atoms with E-state index in [-0.39, 0.29) is 11.3 Å². The average Bonchev–Trinajstić information content (AvgIpc) is 2.90. The summed E-state index contributed by atoms with van der Waals surface area (Å²) in [6, 6.07) is 12.2. The van der Waals surface area contributed by atoms with E-state index < -0.39 is 0 Å². The molecule has 0 fully saturated rings. The number of carbonyl (C=O) groups is 1. The second-order valence-electron chi connectivity index (χ2n) is 5.87. The Morgan fingerprint density at radius 2 is 1.92 bits per heavy atom. The van der Waals surface area contributed by atoms with Gasteiger partial charge >= 0.3 is 0 Å². The first-order valence-corrected chi connectivity index (χ1v) is 7.88. The van der Waals surface area contributed by atoms with Gasteiger partial charge in [0, 0.05) is 30.8 Å². The van der Waals surface area contributed by atoms with Crippen LogP contribution in [0.15, 0.2) is 47.3 Å². The summed E-state index contributed by atoms with van der Waals surface area (Å²) in [7, 11) is 3.46. The number of ketones is 1. The third-order valence-electron chi connectivity index (χ3n) is 4.19. The number of aryl methyl sites for hydroxylation is 1. The normalized spacial score (nSPS) is 10.7. The molecule has 0 atom stereocenters. The maximum atomic E-state index is 12.9. The van der Waals surface area contributed by atoms with Gasteiger partial charge in [0.1, 0.15) is 5.75 Å². The summed E-state index contributed by atoms with van der Waals surface area (Å²) in [4.78, 5) is 24.0. The van der Waals surface area contributed by atoms with E-state index in [2.05, 4.69) is 10.2 Å². The van der Waals surface area contributed by atoms with Crippen molar-refractivity contribution in [2.45, 2.75) is 13.3 Å². The standard InChI is InChI=1S/C19H19N3O3/c1-12-10-15(11-14-6-9-17(23)21-20-14)22(2)18(12)19(24)13-4-7-16(25-3)8-5-13/h4-10H,11H2,1-3H3,(H,21,23). The predicted molar refractivity (Wildman–Crippen MR) is 94.2 cm³/mol. The van der Waals surface area contributed by atoms with Crippen LogP contribution in [0.1, 0.15) is 33.0 Å². The van der Waals surface area contributed by atoms with E-state index in [0.29, 0.717) is 23.4 Å². The number of rotatable bonds is 5. The molecule has 1 aromatic carbocycles. The van der Waals surface area contributed by atoms with Gasteiger partial charge < -0.3 is 9.30 Å². The number of aromatic amines is 1. The van der Waals surface area contributed by atoms with Crippen molar-refractivity contribution in [2.75, 3.05) is 7.11 Å². The van der Waals surface area contributed by atoms with E-state index in [0.717, 1.165) is 17.0 Å². The highest BCUT2D eigenvalue weighted by molar-refractivity contribution is 6.09. The number of hydrogen-bond donors (Lipinski definition) is 1. The predicted octanol–water partition coefficient (Wildman–Crippen LogP) is 2.25. The minimum absolute atomic E-state index is 0.0386. The van der Waals surface area contributed by atoms with Gasteiger partial charge in [-0.3, -0.25) is 9.59 Å². The summed E-state index contributed by atoms with van der Waals surface area (Å²) >= 11 is 0. The van der Waals surface area contributed by atoms with Gasteiger partial charge in [-0.05, 0) is 48.9 Å². The summed E-state index contributed by atoms with van der Waals surface area (Å²) in [5, 5.41) is 6.45. The lowest BCUT2D eigenvalue weighted by atomic mass is 10.1. The number of hydrogen-bond acceptors (Lipinski definition) is 4. The highest BCUT2D eigenvalue weighted by atomic mass is 16.5. The molecule has 128 valence electrons. The Morgan fingerprint density at radius 3 is 2.52 bits per heavy atom. The van der Waals surface area contributed by atoms with Crippen molar-refractivity contribution in [2.24, 2.45) is 7.05 Å². The van der Waals surface area contributed by atoms with Crippen LogP contribution in [0.25, 0.3) is 0 Å². The second kappa shape index (κ2) is 6.76. The third kappa shape index (κ3) is 3.38. The fourth-order valence-corrected chi connectivity index (χ4v) is 2.86. The molecule has 25 heavy (non-hydrogen) atoms. The van der Waals surface area contributed by atoms with E-state index >= 15 is 0 Å². The number of aromatic nitrogens is 3. The minimum atomic E-state index is -0.234. The Labute approximate surface area is 145 Å². The fourth-order valence-electron chi connectivity index (χ4n) is 2.86. The molecule has 2 aromatic heterocycles. The largest absolute Gasteiger partial charge is 0.497 e. The molecular formula is C19H19N3O3. The van der Waals surface area contributed by atoms with Crippen LogP contribution in [0.2, 0.25) is 0 Å². The molecular weight excluding hydrogens is 318 g/mol. The van der Waals surface area contributed by atoms with Crippen LogP contribution in [0, 0.1) is 6.92 Å². The first-order valence-electron chi connectivity index (χ1n) is 7.88. The van der Waals surface area contributed by atoms with Crippen molar-refractivity contribution in [3.8, 4) is 5.75 Å². The molecule has 1 N–H and O–H groups in total. The van der Waals surface area contributed by atoms with Crippen molar-refractivity contribution in [1.29, 1.82) is 0 Å². The maximum Gasteiger partial charge on any atom is 0.264 e. The smallest absolute Gasteiger partial charge is 0.264 e. The van der Waals surface area contributed by atoms with Crippen molar-refractivity contribution in [3.05, 3.63) is 81.0 Å². The lowest BCUT2D eigenvalue weighted by Crippen LogP contribution is -2.12. The number of benzene rings is 1. The van der Waals surface area contributed by atoms with Crippen LogP contribution >= 0.6 is 0 Å². The average molecular weight is 337 g/mol. The summed E-state index contributed by atoms with van der Waals surface area (Å²) in [6.45, 7) is 1.92. The molecule has 0 bridgehead atoms. The molecule has 2 heterocycles. The summed E-state index contributed by atoms with van der Waals surface area (Å²) in [5.41, 5.74) is 3.62. The first-order chi connectivity index (χ1) is 12.0. The van der Waals surface area contributed by atoms with E-state index in [1.54, 1.807) is 37.4 Å². The molecule has 3 rings (SSSR count). The van der Waals surface area contributed by atoms with Gasteiger partial charge in [0.05, 0.1) is 18.5 Å². The Bertz CT molecular complexity index is 948. The molecule has 0 unspecified atom stereocenters. The van der Waals surface area contributed by atoms with E-state index in [1.807, 2.05) is 24.6 Å². The van der Waals surface area contributed by atoms with Gasteiger partial charge in [0.2, 0.25) is 5.78 Å². The fraction of sp³-hybridized carbons (Fsp3) is 0.211. The number of methoxy groups -OCH3 is 1. The molecule has 0 radical (unpaired) electrons. The zero-order valence-corrected chi connectivity index (χ0v) is 14.4. The number of ether oxygens (including phenoxy) is 1. The highest BCUT2D eigenvalue weighted by Gasteiger charge is 2.19. The Balaban J connectivity index is 1.91. The maximum absolute atomic E-state index is 12.9. The van der Waals surface area contributed by atoms with Crippen molar-refractivity contribution in [1.82, 2.24) is 14.8 Å². The van der Waals surface area contributed by atoms with Crippen LogP contribution in [-0.2, 0) is 13.5 Å². The molecule has 6 heteroatoms. The van der Waals surface area contributed by atoms with Gasteiger partial charge in [-0.1, -0.05) is 0 Å². The molecule has 6 nitrogen and oxygen atoms in total. The molecule has 0 aliphatic rings. The topological polar surface area (TPSA) is 77.0 Å². The van der Waals surface area contributed by atoms with Crippen LogP contribution in [0.5, 0.6) is 5.75 Å². The van der Waals surface area contributed by atoms with Crippen molar-refractivity contribution < 1.29 is 9.53 Å². The van der Waals surface area contributed by atoms with Gasteiger partial charge in [-0.2, -0.15) is 5.10 Å². The molecule has 0 saturated carbocycles. The summed E-state index contributed by atoms with van der Waals surface area (Å²) in [6.07, 6.45) is 0.532. The van der Waals surface area contributed by atoms with Gasteiger partial charge in [-0.15, -0.1) is 0 Å². The number of H-pyrrole nitrogens is 1. The zero-order valence-electron chi connectivity index (χ0n) is 14.4. The number of nitrogens with zero attached hydrogens (tertiary/aromatic N) is 2. The Morgan fingerprint density at radius 1 is 1.20 bits per heavy atom. The Kier molecular flexibility index (Phi) is 4.52. The molecule has 0 spiro atoms. The summed E-state index contributed by atoms with van der Waals surface area (Å²) in [5.74, 6) is 0.674. The van der Waals surface area contributed by atoms with E-state index in [4.69, 9.17) is 4.74 Å². The third-order valence-corrected chi connectivity index (χ3v) is 4.19. The van der Waals surface area contributed by atoms with Crippen LogP contribution in [0.4, 0.5) is 0 Å². The second-order valence-corrected chi connectivity index (χ2v) is 5.87. The molecule has 0 aliphatic carbocycles. The van der Waals surface area contributed by atoms with Crippen LogP contribution in [0.3, 0.4) is 0 Å². The Hall–Kier alpha value is -3.15. The number of carbonyl (C=O) groups excluding carboxylic acids is 1.